The molecule has 0 rings (SSSR count). The van der Waals surface area contributed by atoms with Crippen molar-refractivity contribution in [2.75, 3.05) is 20.1 Å². The molecule has 2 heteroatoms. The maximum Gasteiger partial charge on any atom is 0.0127 e. The minimum atomic E-state index is 1.11. The lowest BCUT2D eigenvalue weighted by molar-refractivity contribution is 0.230. The smallest absolute Gasteiger partial charge is 0.0127 e. The molecule has 0 aromatic rings. The number of unbranched alkanes of at least 4 members (excludes halogenated alkanes) is 9. The van der Waals surface area contributed by atoms with Gasteiger partial charge < -0.3 is 0 Å². The summed E-state index contributed by atoms with van der Waals surface area (Å²) in [6.07, 6.45) is 15.4. The van der Waals surface area contributed by atoms with Gasteiger partial charge in [-0.15, -0.1) is 0 Å². The third-order valence-electron chi connectivity index (χ3n) is 3.48. The van der Waals surface area contributed by atoms with Gasteiger partial charge in [-0.05, 0) is 12.8 Å². The van der Waals surface area contributed by atoms with Crippen LogP contribution in [0.25, 0.3) is 0 Å². The SMILES string of the molecule is CCCCCCCCCCCCN(C)NCCC. The molecule has 0 amide bonds. The van der Waals surface area contributed by atoms with Gasteiger partial charge in [0.15, 0.2) is 0 Å². The molecule has 0 aromatic carbocycles. The van der Waals surface area contributed by atoms with Gasteiger partial charge in [0, 0.05) is 20.1 Å². The third kappa shape index (κ3) is 14.0. The Morgan fingerprint density at radius 1 is 0.667 bits per heavy atom. The van der Waals surface area contributed by atoms with Crippen LogP contribution in [0.3, 0.4) is 0 Å². The molecule has 0 unspecified atom stereocenters. The van der Waals surface area contributed by atoms with Crippen LogP contribution in [-0.4, -0.2) is 25.1 Å². The fourth-order valence-electron chi connectivity index (χ4n) is 2.22. The summed E-state index contributed by atoms with van der Waals surface area (Å²) in [5.74, 6) is 0. The first-order valence-corrected chi connectivity index (χ1v) is 8.25. The van der Waals surface area contributed by atoms with Crippen molar-refractivity contribution in [3.05, 3.63) is 0 Å². The highest BCUT2D eigenvalue weighted by Crippen LogP contribution is 2.10. The second kappa shape index (κ2) is 15.0. The zero-order valence-electron chi connectivity index (χ0n) is 13.1. The highest BCUT2D eigenvalue weighted by Gasteiger charge is 1.96. The van der Waals surface area contributed by atoms with Gasteiger partial charge in [0.05, 0.1) is 0 Å². The van der Waals surface area contributed by atoms with Gasteiger partial charge in [-0.1, -0.05) is 71.6 Å². The molecule has 0 saturated heterocycles. The Bertz CT molecular complexity index is 148. The van der Waals surface area contributed by atoms with Crippen molar-refractivity contribution in [3.8, 4) is 0 Å². The minimum Gasteiger partial charge on any atom is -0.255 e. The molecule has 0 radical (unpaired) electrons. The lowest BCUT2D eigenvalue weighted by atomic mass is 10.1. The summed E-state index contributed by atoms with van der Waals surface area (Å²) in [6, 6.07) is 0. The number of hydrogen-bond donors (Lipinski definition) is 1. The number of hydrogen-bond acceptors (Lipinski definition) is 2. The van der Waals surface area contributed by atoms with E-state index in [1.807, 2.05) is 0 Å². The summed E-state index contributed by atoms with van der Waals surface area (Å²) in [5, 5.41) is 2.24. The predicted octanol–water partition coefficient (Wildman–Crippen LogP) is 4.75. The van der Waals surface area contributed by atoms with E-state index >= 15 is 0 Å². The Morgan fingerprint density at radius 2 is 1.17 bits per heavy atom. The summed E-state index contributed by atoms with van der Waals surface area (Å²) in [6.45, 7) is 6.79. The molecule has 0 atom stereocenters. The normalized spacial score (nSPS) is 11.3. The van der Waals surface area contributed by atoms with Crippen molar-refractivity contribution in [1.82, 2.24) is 10.4 Å². The van der Waals surface area contributed by atoms with Gasteiger partial charge >= 0.3 is 0 Å². The lowest BCUT2D eigenvalue weighted by Gasteiger charge is -2.17. The average molecular weight is 256 g/mol. The van der Waals surface area contributed by atoms with Gasteiger partial charge in [0.1, 0.15) is 0 Å². The number of rotatable bonds is 14. The molecule has 2 nitrogen and oxygen atoms in total. The monoisotopic (exact) mass is 256 g/mol. The molecule has 0 aliphatic heterocycles. The van der Waals surface area contributed by atoms with Crippen molar-refractivity contribution < 1.29 is 0 Å². The van der Waals surface area contributed by atoms with Crippen molar-refractivity contribution in [1.29, 1.82) is 0 Å². The standard InChI is InChI=1S/C16H36N2/c1-4-6-7-8-9-10-11-12-13-14-16-18(3)17-15-5-2/h17H,4-16H2,1-3H3. The molecule has 110 valence electrons. The Morgan fingerprint density at radius 3 is 1.67 bits per heavy atom. The van der Waals surface area contributed by atoms with E-state index in [9.17, 15) is 0 Å². The van der Waals surface area contributed by atoms with Crippen LogP contribution in [-0.2, 0) is 0 Å². The fourth-order valence-corrected chi connectivity index (χ4v) is 2.22. The molecule has 0 fully saturated rings. The van der Waals surface area contributed by atoms with Crippen LogP contribution >= 0.6 is 0 Å². The molecule has 0 saturated carbocycles. The lowest BCUT2D eigenvalue weighted by Crippen LogP contribution is -2.35. The molecule has 0 aliphatic carbocycles. The fraction of sp³-hybridized carbons (Fsp3) is 1.00. The molecule has 0 spiro atoms. The average Bonchev–Trinajstić information content (AvgIpc) is 2.38. The van der Waals surface area contributed by atoms with E-state index in [2.05, 4.69) is 31.3 Å². The van der Waals surface area contributed by atoms with E-state index in [0.29, 0.717) is 0 Å². The zero-order valence-corrected chi connectivity index (χ0v) is 13.1. The maximum atomic E-state index is 3.40. The van der Waals surface area contributed by atoms with E-state index in [-0.39, 0.29) is 0 Å². The van der Waals surface area contributed by atoms with Crippen molar-refractivity contribution in [2.24, 2.45) is 0 Å². The summed E-state index contributed by atoms with van der Waals surface area (Å²) < 4.78 is 0. The quantitative estimate of drug-likeness (QED) is 0.356. The highest BCUT2D eigenvalue weighted by molar-refractivity contribution is 4.50. The van der Waals surface area contributed by atoms with Crippen LogP contribution in [0, 0.1) is 0 Å². The van der Waals surface area contributed by atoms with Crippen LogP contribution in [0.2, 0.25) is 0 Å². The number of nitrogens with zero attached hydrogens (tertiary/aromatic N) is 1. The molecular formula is C16H36N2. The van der Waals surface area contributed by atoms with E-state index in [0.717, 1.165) is 6.54 Å². The van der Waals surface area contributed by atoms with Crippen molar-refractivity contribution >= 4 is 0 Å². The first kappa shape index (κ1) is 17.9. The second-order valence-electron chi connectivity index (χ2n) is 5.51. The largest absolute Gasteiger partial charge is 0.255 e. The minimum absolute atomic E-state index is 1.11. The second-order valence-corrected chi connectivity index (χ2v) is 5.51. The van der Waals surface area contributed by atoms with E-state index in [4.69, 9.17) is 0 Å². The first-order chi connectivity index (χ1) is 8.81. The first-order valence-electron chi connectivity index (χ1n) is 8.25. The highest BCUT2D eigenvalue weighted by atomic mass is 15.5. The molecule has 0 heterocycles. The van der Waals surface area contributed by atoms with Crippen molar-refractivity contribution in [3.63, 3.8) is 0 Å². The van der Waals surface area contributed by atoms with E-state index in [1.54, 1.807) is 0 Å². The van der Waals surface area contributed by atoms with Gasteiger partial charge in [0.25, 0.3) is 0 Å². The number of nitrogens with one attached hydrogen (secondary N) is 1. The predicted molar refractivity (Wildman–Crippen MR) is 82.8 cm³/mol. The summed E-state index contributed by atoms with van der Waals surface area (Å²) >= 11 is 0. The Hall–Kier alpha value is -0.0800. The third-order valence-corrected chi connectivity index (χ3v) is 3.48. The maximum absolute atomic E-state index is 3.40. The molecule has 18 heavy (non-hydrogen) atoms. The van der Waals surface area contributed by atoms with Crippen molar-refractivity contribution in [2.45, 2.75) is 84.5 Å². The molecule has 0 aromatic heterocycles. The summed E-state index contributed by atoms with van der Waals surface area (Å²) in [5.41, 5.74) is 3.40. The topological polar surface area (TPSA) is 15.3 Å². The zero-order chi connectivity index (χ0) is 13.5. The Labute approximate surface area is 115 Å². The van der Waals surface area contributed by atoms with Gasteiger partial charge in [-0.3, -0.25) is 5.43 Å². The van der Waals surface area contributed by atoms with E-state index in [1.165, 1.54) is 77.2 Å². The summed E-state index contributed by atoms with van der Waals surface area (Å²) in [7, 11) is 2.16. The van der Waals surface area contributed by atoms with Crippen LogP contribution in [0.5, 0.6) is 0 Å². The van der Waals surface area contributed by atoms with Crippen LogP contribution < -0.4 is 5.43 Å². The molecule has 0 aliphatic rings. The molecule has 0 bridgehead atoms. The Balaban J connectivity index is 3.02. The van der Waals surface area contributed by atoms with Crippen LogP contribution in [0.1, 0.15) is 84.5 Å². The Kier molecular flexibility index (Phi) is 14.9. The summed E-state index contributed by atoms with van der Waals surface area (Å²) in [4.78, 5) is 0. The number of hydrazine groups is 1. The van der Waals surface area contributed by atoms with Crippen LogP contribution in [0.4, 0.5) is 0 Å². The van der Waals surface area contributed by atoms with Crippen LogP contribution in [0.15, 0.2) is 0 Å². The van der Waals surface area contributed by atoms with Gasteiger partial charge in [0.2, 0.25) is 0 Å². The van der Waals surface area contributed by atoms with E-state index < -0.39 is 0 Å². The molecule has 1 N–H and O–H groups in total. The van der Waals surface area contributed by atoms with Gasteiger partial charge in [-0.25, -0.2) is 5.01 Å². The van der Waals surface area contributed by atoms with Gasteiger partial charge in [-0.2, -0.15) is 0 Å². The molecular weight excluding hydrogens is 220 g/mol.